The van der Waals surface area contributed by atoms with E-state index in [1.165, 1.54) is 16.6 Å². The van der Waals surface area contributed by atoms with Gasteiger partial charge in [0, 0.05) is 43.8 Å². The van der Waals surface area contributed by atoms with Crippen molar-refractivity contribution in [1.29, 1.82) is 0 Å². The van der Waals surface area contributed by atoms with Crippen molar-refractivity contribution >= 4 is 16.6 Å². The Morgan fingerprint density at radius 2 is 1.58 bits per heavy atom. The van der Waals surface area contributed by atoms with E-state index in [2.05, 4.69) is 77.4 Å². The molecular weight excluding hydrogens is 294 g/mol. The Kier molecular flexibility index (Phi) is 4.18. The zero-order chi connectivity index (χ0) is 16.4. The number of piperazine rings is 1. The molecule has 0 N–H and O–H groups in total. The van der Waals surface area contributed by atoms with Gasteiger partial charge in [-0.05, 0) is 30.7 Å². The van der Waals surface area contributed by atoms with Crippen LogP contribution in [0.15, 0.2) is 60.7 Å². The molecule has 3 nitrogen and oxygen atoms in total. The van der Waals surface area contributed by atoms with Gasteiger partial charge in [-0.25, -0.2) is 0 Å². The van der Waals surface area contributed by atoms with E-state index in [1.54, 1.807) is 0 Å². The van der Waals surface area contributed by atoms with Gasteiger partial charge in [0.15, 0.2) is 0 Å². The normalized spacial score (nSPS) is 15.8. The number of aryl methyl sites for hydroxylation is 1. The molecule has 4 rings (SSSR count). The molecule has 0 bridgehead atoms. The number of benzene rings is 2. The average Bonchev–Trinajstić information content (AvgIpc) is 2.63. The number of aromatic nitrogens is 1. The molecule has 0 spiro atoms. The summed E-state index contributed by atoms with van der Waals surface area (Å²) >= 11 is 0. The summed E-state index contributed by atoms with van der Waals surface area (Å²) in [4.78, 5) is 9.81. The highest BCUT2D eigenvalue weighted by Gasteiger charge is 2.18. The van der Waals surface area contributed by atoms with Gasteiger partial charge in [-0.1, -0.05) is 42.5 Å². The highest BCUT2D eigenvalue weighted by molar-refractivity contribution is 5.78. The average molecular weight is 317 g/mol. The van der Waals surface area contributed by atoms with Gasteiger partial charge < -0.3 is 4.90 Å². The summed E-state index contributed by atoms with van der Waals surface area (Å²) in [5, 5.41) is 1.21. The Balaban J connectivity index is 1.41. The van der Waals surface area contributed by atoms with Gasteiger partial charge in [-0.2, -0.15) is 0 Å². The minimum absolute atomic E-state index is 0.937. The highest BCUT2D eigenvalue weighted by atomic mass is 15.3. The van der Waals surface area contributed by atoms with Crippen LogP contribution >= 0.6 is 0 Å². The summed E-state index contributed by atoms with van der Waals surface area (Å²) in [6, 6.07) is 21.3. The summed E-state index contributed by atoms with van der Waals surface area (Å²) in [6.07, 6.45) is 0. The summed E-state index contributed by atoms with van der Waals surface area (Å²) < 4.78 is 0. The molecule has 1 fully saturated rings. The Morgan fingerprint density at radius 1 is 0.833 bits per heavy atom. The lowest BCUT2D eigenvalue weighted by atomic mass is 10.1. The van der Waals surface area contributed by atoms with E-state index in [9.17, 15) is 0 Å². The lowest BCUT2D eigenvalue weighted by Crippen LogP contribution is -2.46. The van der Waals surface area contributed by atoms with Crippen molar-refractivity contribution in [2.45, 2.75) is 13.5 Å². The second-order valence-electron chi connectivity index (χ2n) is 6.54. The maximum absolute atomic E-state index is 4.81. The van der Waals surface area contributed by atoms with Crippen LogP contribution in [0, 0.1) is 6.92 Å². The van der Waals surface area contributed by atoms with Crippen LogP contribution < -0.4 is 4.90 Å². The van der Waals surface area contributed by atoms with Crippen molar-refractivity contribution < 1.29 is 0 Å². The molecule has 24 heavy (non-hydrogen) atoms. The topological polar surface area (TPSA) is 19.4 Å². The monoisotopic (exact) mass is 317 g/mol. The van der Waals surface area contributed by atoms with Crippen LogP contribution in [-0.4, -0.2) is 36.1 Å². The quantitative estimate of drug-likeness (QED) is 0.731. The van der Waals surface area contributed by atoms with E-state index in [1.807, 2.05) is 0 Å². The summed E-state index contributed by atoms with van der Waals surface area (Å²) in [7, 11) is 0. The predicted octanol–water partition coefficient (Wildman–Crippen LogP) is 3.87. The second-order valence-corrected chi connectivity index (χ2v) is 6.54. The minimum Gasteiger partial charge on any atom is -0.369 e. The smallest absolute Gasteiger partial charge is 0.0705 e. The minimum atomic E-state index is 0.937. The van der Waals surface area contributed by atoms with Crippen LogP contribution in [0.5, 0.6) is 0 Å². The molecule has 122 valence electrons. The summed E-state index contributed by atoms with van der Waals surface area (Å²) in [5.41, 5.74) is 5.00. The van der Waals surface area contributed by atoms with Gasteiger partial charge in [0.05, 0.1) is 11.2 Å². The largest absolute Gasteiger partial charge is 0.369 e. The molecule has 2 heterocycles. The van der Waals surface area contributed by atoms with Gasteiger partial charge in [-0.15, -0.1) is 0 Å². The third kappa shape index (κ3) is 3.13. The van der Waals surface area contributed by atoms with Gasteiger partial charge in [0.2, 0.25) is 0 Å². The number of fused-ring (bicyclic) bond motifs is 1. The number of hydrogen-bond donors (Lipinski definition) is 0. The zero-order valence-electron chi connectivity index (χ0n) is 14.2. The van der Waals surface area contributed by atoms with Gasteiger partial charge >= 0.3 is 0 Å². The maximum Gasteiger partial charge on any atom is 0.0705 e. The van der Waals surface area contributed by atoms with Crippen molar-refractivity contribution in [3.63, 3.8) is 0 Å². The van der Waals surface area contributed by atoms with Crippen molar-refractivity contribution in [3.8, 4) is 0 Å². The Morgan fingerprint density at radius 3 is 2.42 bits per heavy atom. The standard InChI is InChI=1S/C21H23N3/c1-17-6-2-5-9-21(17)24-14-12-23(13-15-24)16-19-11-10-18-7-3-4-8-20(18)22-19/h2-11H,12-16H2,1H3. The van der Waals surface area contributed by atoms with Crippen LogP contribution in [0.3, 0.4) is 0 Å². The van der Waals surface area contributed by atoms with Gasteiger partial charge in [0.1, 0.15) is 0 Å². The van der Waals surface area contributed by atoms with Crippen molar-refractivity contribution in [2.75, 3.05) is 31.1 Å². The molecule has 1 saturated heterocycles. The Hall–Kier alpha value is -2.39. The van der Waals surface area contributed by atoms with Crippen LogP contribution in [0.4, 0.5) is 5.69 Å². The number of rotatable bonds is 3. The molecule has 3 heteroatoms. The number of hydrogen-bond acceptors (Lipinski definition) is 3. The number of para-hydroxylation sites is 2. The van der Waals surface area contributed by atoms with Crippen LogP contribution in [0.1, 0.15) is 11.3 Å². The fraction of sp³-hybridized carbons (Fsp3) is 0.286. The van der Waals surface area contributed by atoms with Gasteiger partial charge in [-0.3, -0.25) is 9.88 Å². The lowest BCUT2D eigenvalue weighted by molar-refractivity contribution is 0.247. The summed E-state index contributed by atoms with van der Waals surface area (Å²) in [6.45, 7) is 7.47. The Bertz CT molecular complexity index is 835. The Labute approximate surface area is 143 Å². The molecule has 1 aromatic heterocycles. The van der Waals surface area contributed by atoms with E-state index >= 15 is 0 Å². The molecule has 1 aliphatic heterocycles. The zero-order valence-corrected chi connectivity index (χ0v) is 14.2. The highest BCUT2D eigenvalue weighted by Crippen LogP contribution is 2.21. The van der Waals surface area contributed by atoms with Crippen LogP contribution in [-0.2, 0) is 6.54 Å². The van der Waals surface area contributed by atoms with Crippen molar-refractivity contribution in [3.05, 3.63) is 71.9 Å². The van der Waals surface area contributed by atoms with E-state index in [-0.39, 0.29) is 0 Å². The molecule has 0 unspecified atom stereocenters. The fourth-order valence-electron chi connectivity index (χ4n) is 3.49. The van der Waals surface area contributed by atoms with E-state index in [0.717, 1.165) is 43.9 Å². The molecule has 1 aliphatic rings. The molecule has 0 saturated carbocycles. The van der Waals surface area contributed by atoms with Crippen LogP contribution in [0.2, 0.25) is 0 Å². The summed E-state index contributed by atoms with van der Waals surface area (Å²) in [5.74, 6) is 0. The molecule has 0 radical (unpaired) electrons. The molecule has 0 amide bonds. The third-order valence-corrected chi connectivity index (χ3v) is 4.87. The molecule has 2 aromatic carbocycles. The second kappa shape index (κ2) is 6.62. The molecule has 0 aliphatic carbocycles. The van der Waals surface area contributed by atoms with Crippen molar-refractivity contribution in [2.24, 2.45) is 0 Å². The van der Waals surface area contributed by atoms with Crippen molar-refractivity contribution in [1.82, 2.24) is 9.88 Å². The first-order valence-electron chi connectivity index (χ1n) is 8.67. The maximum atomic E-state index is 4.81. The molecule has 0 atom stereocenters. The first-order chi connectivity index (χ1) is 11.8. The van der Waals surface area contributed by atoms with E-state index < -0.39 is 0 Å². The van der Waals surface area contributed by atoms with E-state index in [4.69, 9.17) is 4.98 Å². The first-order valence-corrected chi connectivity index (χ1v) is 8.67. The predicted molar refractivity (Wildman–Crippen MR) is 100 cm³/mol. The third-order valence-electron chi connectivity index (χ3n) is 4.87. The molecule has 3 aromatic rings. The number of nitrogens with zero attached hydrogens (tertiary/aromatic N) is 3. The SMILES string of the molecule is Cc1ccccc1N1CCN(Cc2ccc3ccccc3n2)CC1. The van der Waals surface area contributed by atoms with E-state index in [0.29, 0.717) is 0 Å². The fourth-order valence-corrected chi connectivity index (χ4v) is 3.49. The van der Waals surface area contributed by atoms with Crippen LogP contribution in [0.25, 0.3) is 10.9 Å². The molecular formula is C21H23N3. The first kappa shape index (κ1) is 15.2. The number of anilines is 1. The number of pyridine rings is 1. The lowest BCUT2D eigenvalue weighted by Gasteiger charge is -2.36. The van der Waals surface area contributed by atoms with Gasteiger partial charge in [0.25, 0.3) is 0 Å².